The van der Waals surface area contributed by atoms with Gasteiger partial charge < -0.3 is 14.6 Å². The van der Waals surface area contributed by atoms with Gasteiger partial charge in [0.05, 0.1) is 21.5 Å². The Balaban J connectivity index is 1.65. The minimum atomic E-state index is -0.353. The highest BCUT2D eigenvalue weighted by atomic mass is 35.5. The number of hydrogen-bond donors (Lipinski definition) is 1. The summed E-state index contributed by atoms with van der Waals surface area (Å²) in [6.07, 6.45) is -0.353. The van der Waals surface area contributed by atoms with E-state index in [1.54, 1.807) is 24.3 Å². The fourth-order valence-electron chi connectivity index (χ4n) is 2.67. The summed E-state index contributed by atoms with van der Waals surface area (Å²) in [7, 11) is 0. The molecule has 152 valence electrons. The lowest BCUT2D eigenvalue weighted by atomic mass is 10.3. The Kier molecular flexibility index (Phi) is 7.41. The number of carbonyl (C=O) groups excluding carboxylic acids is 1. The largest absolute Gasteiger partial charge is 0.481 e. The van der Waals surface area contributed by atoms with Crippen molar-refractivity contribution >= 4 is 46.6 Å². The maximum absolute atomic E-state index is 12.3. The van der Waals surface area contributed by atoms with Crippen molar-refractivity contribution in [3.63, 3.8) is 0 Å². The summed E-state index contributed by atoms with van der Waals surface area (Å²) in [5.41, 5.74) is 0.583. The predicted octanol–water partition coefficient (Wildman–Crippen LogP) is 5.48. The highest BCUT2D eigenvalue weighted by Gasteiger charge is 2.20. The molecule has 6 nitrogen and oxygen atoms in total. The first-order valence-corrected chi connectivity index (χ1v) is 10.7. The van der Waals surface area contributed by atoms with Gasteiger partial charge in [-0.05, 0) is 38.1 Å². The number of hydrogen-bond acceptors (Lipinski definition) is 5. The van der Waals surface area contributed by atoms with Crippen LogP contribution in [0.15, 0.2) is 53.7 Å². The van der Waals surface area contributed by atoms with E-state index < -0.39 is 0 Å². The molecule has 0 aliphatic carbocycles. The summed E-state index contributed by atoms with van der Waals surface area (Å²) in [5.74, 6) is 1.26. The van der Waals surface area contributed by atoms with Crippen molar-refractivity contribution in [2.45, 2.75) is 31.7 Å². The first-order chi connectivity index (χ1) is 14.0. The summed E-state index contributed by atoms with van der Waals surface area (Å²) >= 11 is 13.6. The number of benzene rings is 2. The van der Waals surface area contributed by atoms with Gasteiger partial charge in [-0.3, -0.25) is 4.79 Å². The number of amides is 1. The van der Waals surface area contributed by atoms with Gasteiger partial charge in [-0.2, -0.15) is 0 Å². The van der Waals surface area contributed by atoms with Gasteiger partial charge in [0, 0.05) is 6.54 Å². The highest BCUT2D eigenvalue weighted by molar-refractivity contribution is 7.99. The average Bonchev–Trinajstić information content (AvgIpc) is 3.13. The Morgan fingerprint density at radius 2 is 1.83 bits per heavy atom. The molecule has 0 aliphatic rings. The summed E-state index contributed by atoms with van der Waals surface area (Å²) in [6.45, 7) is 4.52. The summed E-state index contributed by atoms with van der Waals surface area (Å²) < 4.78 is 7.87. The fourth-order valence-corrected chi connectivity index (χ4v) is 3.84. The maximum atomic E-state index is 12.3. The molecule has 1 atom stereocenters. The van der Waals surface area contributed by atoms with Crippen LogP contribution in [0, 0.1) is 0 Å². The third-order valence-corrected chi connectivity index (χ3v) is 5.65. The lowest BCUT2D eigenvalue weighted by molar-refractivity contribution is -0.113. The molecule has 0 fully saturated rings. The number of anilines is 1. The smallest absolute Gasteiger partial charge is 0.234 e. The minimum Gasteiger partial charge on any atom is -0.481 e. The van der Waals surface area contributed by atoms with Gasteiger partial charge >= 0.3 is 0 Å². The van der Waals surface area contributed by atoms with Crippen LogP contribution in [-0.4, -0.2) is 26.4 Å². The standard InChI is InChI=1S/C20H20Cl2N4O2S/c1-3-26-19(13(2)28-17-11-7-5-9-15(17)22)24-25-20(26)29-12-18(27)23-16-10-6-4-8-14(16)21/h4-11,13H,3,12H2,1-2H3,(H,23,27). The van der Waals surface area contributed by atoms with Crippen molar-refractivity contribution < 1.29 is 9.53 Å². The molecular formula is C20H20Cl2N4O2S. The second kappa shape index (κ2) is 10.0. The van der Waals surface area contributed by atoms with Gasteiger partial charge in [-0.15, -0.1) is 10.2 Å². The molecule has 29 heavy (non-hydrogen) atoms. The molecule has 0 saturated carbocycles. The van der Waals surface area contributed by atoms with Gasteiger partial charge in [-0.1, -0.05) is 59.2 Å². The quantitative estimate of drug-likeness (QED) is 0.460. The minimum absolute atomic E-state index is 0.171. The number of ether oxygens (including phenoxy) is 1. The SMILES string of the molecule is CCn1c(SCC(=O)Nc2ccccc2Cl)nnc1C(C)Oc1ccccc1Cl. The Morgan fingerprint density at radius 3 is 2.52 bits per heavy atom. The zero-order valence-electron chi connectivity index (χ0n) is 15.9. The van der Waals surface area contributed by atoms with Gasteiger partial charge in [0.15, 0.2) is 17.1 Å². The molecule has 0 bridgehead atoms. The monoisotopic (exact) mass is 450 g/mol. The molecule has 9 heteroatoms. The molecule has 2 aromatic carbocycles. The molecule has 0 spiro atoms. The van der Waals surface area contributed by atoms with Gasteiger partial charge in [0.1, 0.15) is 5.75 Å². The van der Waals surface area contributed by atoms with E-state index in [4.69, 9.17) is 27.9 Å². The van der Waals surface area contributed by atoms with E-state index in [0.29, 0.717) is 39.0 Å². The predicted molar refractivity (Wildman–Crippen MR) is 117 cm³/mol. The number of nitrogens with zero attached hydrogens (tertiary/aromatic N) is 3. The van der Waals surface area contributed by atoms with Crippen molar-refractivity contribution in [2.24, 2.45) is 0 Å². The van der Waals surface area contributed by atoms with Gasteiger partial charge in [0.2, 0.25) is 5.91 Å². The summed E-state index contributed by atoms with van der Waals surface area (Å²) in [4.78, 5) is 12.3. The molecule has 1 N–H and O–H groups in total. The molecule has 0 radical (unpaired) electrons. The van der Waals surface area contributed by atoms with Crippen LogP contribution in [0.1, 0.15) is 25.8 Å². The molecule has 1 unspecified atom stereocenters. The second-order valence-electron chi connectivity index (χ2n) is 6.09. The number of halogens is 2. The van der Waals surface area contributed by atoms with Crippen LogP contribution in [0.5, 0.6) is 5.75 Å². The lowest BCUT2D eigenvalue weighted by Crippen LogP contribution is -2.15. The van der Waals surface area contributed by atoms with Crippen molar-refractivity contribution in [3.05, 3.63) is 64.4 Å². The summed E-state index contributed by atoms with van der Waals surface area (Å²) in [6, 6.07) is 14.4. The van der Waals surface area contributed by atoms with Crippen LogP contribution in [0.3, 0.4) is 0 Å². The number of nitrogens with one attached hydrogen (secondary N) is 1. The van der Waals surface area contributed by atoms with E-state index >= 15 is 0 Å². The van der Waals surface area contributed by atoms with Crippen LogP contribution in [0.25, 0.3) is 0 Å². The van der Waals surface area contributed by atoms with Crippen molar-refractivity contribution in [1.82, 2.24) is 14.8 Å². The van der Waals surface area contributed by atoms with Crippen LogP contribution in [0.4, 0.5) is 5.69 Å². The van der Waals surface area contributed by atoms with E-state index in [0.717, 1.165) is 0 Å². The van der Waals surface area contributed by atoms with E-state index in [1.165, 1.54) is 11.8 Å². The summed E-state index contributed by atoms with van der Waals surface area (Å²) in [5, 5.41) is 13.0. The van der Waals surface area contributed by atoms with E-state index in [2.05, 4.69) is 15.5 Å². The molecule has 1 heterocycles. The topological polar surface area (TPSA) is 69.0 Å². The highest BCUT2D eigenvalue weighted by Crippen LogP contribution is 2.29. The number of para-hydroxylation sites is 2. The Labute approximate surface area is 183 Å². The van der Waals surface area contributed by atoms with Crippen LogP contribution in [-0.2, 0) is 11.3 Å². The molecule has 1 amide bonds. The maximum Gasteiger partial charge on any atom is 0.234 e. The van der Waals surface area contributed by atoms with Crippen molar-refractivity contribution in [2.75, 3.05) is 11.1 Å². The number of rotatable bonds is 8. The molecule has 3 aromatic rings. The van der Waals surface area contributed by atoms with Gasteiger partial charge in [0.25, 0.3) is 0 Å². The van der Waals surface area contributed by atoms with Crippen LogP contribution < -0.4 is 10.1 Å². The zero-order chi connectivity index (χ0) is 20.8. The van der Waals surface area contributed by atoms with Crippen LogP contribution >= 0.6 is 35.0 Å². The molecule has 3 rings (SSSR count). The van der Waals surface area contributed by atoms with E-state index in [1.807, 2.05) is 42.7 Å². The third kappa shape index (κ3) is 5.44. The Bertz CT molecular complexity index is 996. The van der Waals surface area contributed by atoms with Crippen molar-refractivity contribution in [1.29, 1.82) is 0 Å². The Morgan fingerprint density at radius 1 is 1.14 bits per heavy atom. The Hall–Kier alpha value is -2.22. The zero-order valence-corrected chi connectivity index (χ0v) is 18.3. The molecule has 1 aromatic heterocycles. The average molecular weight is 451 g/mol. The van der Waals surface area contributed by atoms with Gasteiger partial charge in [-0.25, -0.2) is 0 Å². The molecular weight excluding hydrogens is 431 g/mol. The van der Waals surface area contributed by atoms with Crippen molar-refractivity contribution in [3.8, 4) is 5.75 Å². The lowest BCUT2D eigenvalue weighted by Gasteiger charge is -2.16. The normalized spacial score (nSPS) is 11.9. The molecule has 0 aliphatic heterocycles. The molecule has 0 saturated heterocycles. The first kappa shape index (κ1) is 21.5. The second-order valence-corrected chi connectivity index (χ2v) is 7.85. The van der Waals surface area contributed by atoms with E-state index in [9.17, 15) is 4.79 Å². The number of thioether (sulfide) groups is 1. The number of aromatic nitrogens is 3. The first-order valence-electron chi connectivity index (χ1n) is 9.01. The fraction of sp³-hybridized carbons (Fsp3) is 0.250. The number of carbonyl (C=O) groups is 1. The third-order valence-electron chi connectivity index (χ3n) is 4.05. The van der Waals surface area contributed by atoms with Crippen LogP contribution in [0.2, 0.25) is 10.0 Å². The van der Waals surface area contributed by atoms with E-state index in [-0.39, 0.29) is 17.8 Å².